The van der Waals surface area contributed by atoms with E-state index in [1.807, 2.05) is 6.07 Å². The van der Waals surface area contributed by atoms with Crippen molar-refractivity contribution >= 4 is 17.5 Å². The van der Waals surface area contributed by atoms with Crippen LogP contribution in [-0.4, -0.2) is 10.3 Å². The largest absolute Gasteiger partial charge is 0.506 e. The number of aryl methyl sites for hydroxylation is 1. The number of fused-ring (bicyclic) bond motifs is 1. The minimum Gasteiger partial charge on any atom is -0.506 e. The summed E-state index contributed by atoms with van der Waals surface area (Å²) < 4.78 is 4.81. The van der Waals surface area contributed by atoms with Crippen LogP contribution in [0.3, 0.4) is 0 Å². The Kier molecular flexibility index (Phi) is 2.26. The monoisotopic (exact) mass is 250 g/mol. The molecule has 0 saturated carbocycles. The van der Waals surface area contributed by atoms with E-state index in [2.05, 4.69) is 5.16 Å². The third-order valence-electron chi connectivity index (χ3n) is 3.11. The van der Waals surface area contributed by atoms with E-state index in [0.717, 1.165) is 24.8 Å². The van der Waals surface area contributed by atoms with E-state index >= 15 is 0 Å². The molecule has 1 aliphatic rings. The van der Waals surface area contributed by atoms with Gasteiger partial charge < -0.3 is 15.4 Å². The minimum absolute atomic E-state index is 0.0561. The van der Waals surface area contributed by atoms with Gasteiger partial charge in [-0.2, -0.15) is 0 Å². The molecule has 1 aromatic carbocycles. The van der Waals surface area contributed by atoms with Crippen molar-refractivity contribution in [2.75, 3.05) is 5.73 Å². The Morgan fingerprint density at radius 1 is 1.35 bits per heavy atom. The Bertz CT molecular complexity index is 592. The first kappa shape index (κ1) is 10.5. The highest BCUT2D eigenvalue weighted by atomic mass is 35.5. The summed E-state index contributed by atoms with van der Waals surface area (Å²) in [5, 5.41) is 14.3. The second-order valence-electron chi connectivity index (χ2n) is 4.19. The van der Waals surface area contributed by atoms with Crippen LogP contribution >= 0.6 is 11.6 Å². The molecule has 4 nitrogen and oxygen atoms in total. The highest BCUT2D eigenvalue weighted by Crippen LogP contribution is 2.42. The number of aromatic hydroxyl groups is 1. The third kappa shape index (κ3) is 1.56. The minimum atomic E-state index is 0.0561. The number of phenols is 1. The molecule has 0 bridgehead atoms. The van der Waals surface area contributed by atoms with E-state index in [0.29, 0.717) is 16.3 Å². The topological polar surface area (TPSA) is 72.3 Å². The molecule has 0 spiro atoms. The Hall–Kier alpha value is -1.68. The molecule has 0 atom stereocenters. The van der Waals surface area contributed by atoms with E-state index in [1.165, 1.54) is 5.56 Å². The van der Waals surface area contributed by atoms with Crippen molar-refractivity contribution in [3.8, 4) is 17.0 Å². The lowest BCUT2D eigenvalue weighted by Gasteiger charge is -2.08. The van der Waals surface area contributed by atoms with Crippen molar-refractivity contribution in [1.82, 2.24) is 5.16 Å². The zero-order chi connectivity index (χ0) is 12.0. The van der Waals surface area contributed by atoms with Gasteiger partial charge in [-0.15, -0.1) is 0 Å². The summed E-state index contributed by atoms with van der Waals surface area (Å²) in [6, 6.07) is 3.49. The Morgan fingerprint density at radius 2 is 2.18 bits per heavy atom. The predicted molar refractivity (Wildman–Crippen MR) is 65.1 cm³/mol. The molecule has 0 aliphatic heterocycles. The lowest BCUT2D eigenvalue weighted by atomic mass is 10.0. The Labute approximate surface area is 103 Å². The first-order chi connectivity index (χ1) is 8.16. The zero-order valence-corrected chi connectivity index (χ0v) is 9.79. The molecule has 0 fully saturated rings. The fourth-order valence-corrected chi connectivity index (χ4v) is 2.61. The lowest BCUT2D eigenvalue weighted by molar-refractivity contribution is 0.437. The van der Waals surface area contributed by atoms with Crippen LogP contribution < -0.4 is 5.73 Å². The van der Waals surface area contributed by atoms with E-state index in [-0.39, 0.29) is 11.6 Å². The number of hydrogen-bond donors (Lipinski definition) is 2. The summed E-state index contributed by atoms with van der Waals surface area (Å²) in [4.78, 5) is 0. The lowest BCUT2D eigenvalue weighted by Crippen LogP contribution is -1.89. The van der Waals surface area contributed by atoms with E-state index < -0.39 is 0 Å². The molecule has 0 unspecified atom stereocenters. The number of hydrogen-bond acceptors (Lipinski definition) is 4. The maximum Gasteiger partial charge on any atom is 0.222 e. The van der Waals surface area contributed by atoms with Gasteiger partial charge in [-0.25, -0.2) is 0 Å². The van der Waals surface area contributed by atoms with Gasteiger partial charge in [0.2, 0.25) is 5.88 Å². The summed E-state index contributed by atoms with van der Waals surface area (Å²) >= 11 is 6.16. The van der Waals surface area contributed by atoms with Gasteiger partial charge in [-0.05, 0) is 36.5 Å². The average Bonchev–Trinajstić information content (AvgIpc) is 2.91. The molecule has 88 valence electrons. The fraction of sp³-hybridized carbons (Fsp3) is 0.250. The molecule has 3 rings (SSSR count). The van der Waals surface area contributed by atoms with E-state index in [4.69, 9.17) is 21.9 Å². The number of benzene rings is 1. The molecular formula is C12H11ClN2O2. The van der Waals surface area contributed by atoms with Crippen LogP contribution in [0, 0.1) is 0 Å². The van der Waals surface area contributed by atoms with Gasteiger partial charge in [0.1, 0.15) is 11.4 Å². The normalized spacial score (nSPS) is 13.9. The number of phenolic OH excluding ortho intramolecular Hbond substituents is 1. The van der Waals surface area contributed by atoms with Gasteiger partial charge in [0.05, 0.1) is 5.02 Å². The number of nitrogens with zero attached hydrogens (tertiary/aromatic N) is 1. The van der Waals surface area contributed by atoms with Crippen molar-refractivity contribution in [2.24, 2.45) is 0 Å². The fourth-order valence-electron chi connectivity index (χ4n) is 2.29. The van der Waals surface area contributed by atoms with Crippen molar-refractivity contribution in [1.29, 1.82) is 0 Å². The summed E-state index contributed by atoms with van der Waals surface area (Å²) in [7, 11) is 0. The maximum absolute atomic E-state index is 10.1. The molecule has 17 heavy (non-hydrogen) atoms. The number of nitrogen functional groups attached to an aromatic ring is 1. The van der Waals surface area contributed by atoms with Gasteiger partial charge in [-0.1, -0.05) is 16.8 Å². The Morgan fingerprint density at radius 3 is 2.88 bits per heavy atom. The smallest absolute Gasteiger partial charge is 0.222 e. The van der Waals surface area contributed by atoms with Crippen LogP contribution in [0.2, 0.25) is 5.02 Å². The van der Waals surface area contributed by atoms with Gasteiger partial charge >= 0.3 is 0 Å². The molecular weight excluding hydrogens is 240 g/mol. The zero-order valence-electron chi connectivity index (χ0n) is 9.03. The molecule has 2 aromatic rings. The number of nitrogens with two attached hydrogens (primary N) is 1. The maximum atomic E-state index is 10.1. The van der Waals surface area contributed by atoms with Gasteiger partial charge in [0.15, 0.2) is 0 Å². The van der Waals surface area contributed by atoms with Crippen LogP contribution in [-0.2, 0) is 12.8 Å². The van der Waals surface area contributed by atoms with Crippen LogP contribution in [0.4, 0.5) is 5.88 Å². The SMILES string of the molecule is Nc1cc(-c2cc3c(c(Cl)c2O)CCC3)no1. The number of rotatable bonds is 1. The van der Waals surface area contributed by atoms with E-state index in [1.54, 1.807) is 6.07 Å². The molecule has 1 heterocycles. The first-order valence-electron chi connectivity index (χ1n) is 5.42. The molecule has 1 aromatic heterocycles. The molecule has 5 heteroatoms. The molecule has 0 radical (unpaired) electrons. The van der Waals surface area contributed by atoms with Gasteiger partial charge in [-0.3, -0.25) is 0 Å². The van der Waals surface area contributed by atoms with Crippen LogP contribution in [0.25, 0.3) is 11.3 Å². The quantitative estimate of drug-likeness (QED) is 0.816. The summed E-state index contributed by atoms with van der Waals surface area (Å²) in [6.45, 7) is 0. The van der Waals surface area contributed by atoms with Gasteiger partial charge in [0, 0.05) is 11.6 Å². The van der Waals surface area contributed by atoms with Crippen LogP contribution in [0.15, 0.2) is 16.7 Å². The highest BCUT2D eigenvalue weighted by molar-refractivity contribution is 6.33. The molecule has 0 amide bonds. The average molecular weight is 251 g/mol. The Balaban J connectivity index is 2.21. The number of aromatic nitrogens is 1. The second kappa shape index (κ2) is 3.67. The van der Waals surface area contributed by atoms with Crippen LogP contribution in [0.1, 0.15) is 17.5 Å². The first-order valence-corrected chi connectivity index (χ1v) is 5.80. The van der Waals surface area contributed by atoms with Crippen molar-refractivity contribution < 1.29 is 9.63 Å². The standard InChI is InChI=1S/C12H11ClN2O2/c13-11-7-3-1-2-6(7)4-8(12(11)16)9-5-10(14)17-15-9/h4-5,16H,1-3,14H2. The van der Waals surface area contributed by atoms with Crippen molar-refractivity contribution in [2.45, 2.75) is 19.3 Å². The van der Waals surface area contributed by atoms with Crippen molar-refractivity contribution in [3.05, 3.63) is 28.3 Å². The predicted octanol–water partition coefficient (Wildman–Crippen LogP) is 2.77. The number of anilines is 1. The third-order valence-corrected chi connectivity index (χ3v) is 3.52. The summed E-state index contributed by atoms with van der Waals surface area (Å²) in [5.41, 5.74) is 8.78. The van der Waals surface area contributed by atoms with Crippen molar-refractivity contribution in [3.63, 3.8) is 0 Å². The van der Waals surface area contributed by atoms with Gasteiger partial charge in [0.25, 0.3) is 0 Å². The molecule has 3 N–H and O–H groups in total. The summed E-state index contributed by atoms with van der Waals surface area (Å²) in [6.07, 6.45) is 2.97. The highest BCUT2D eigenvalue weighted by Gasteiger charge is 2.22. The van der Waals surface area contributed by atoms with Crippen LogP contribution in [0.5, 0.6) is 5.75 Å². The number of halogens is 1. The molecule has 0 saturated heterocycles. The second-order valence-corrected chi connectivity index (χ2v) is 4.57. The van der Waals surface area contributed by atoms with E-state index in [9.17, 15) is 5.11 Å². The summed E-state index contributed by atoms with van der Waals surface area (Å²) in [5.74, 6) is 0.275. The molecule has 1 aliphatic carbocycles.